The van der Waals surface area contributed by atoms with E-state index in [4.69, 9.17) is 28.4 Å². The molecule has 0 spiro atoms. The van der Waals surface area contributed by atoms with Gasteiger partial charge < -0.3 is 33.5 Å². The summed E-state index contributed by atoms with van der Waals surface area (Å²) in [5, 5.41) is 9.28. The van der Waals surface area contributed by atoms with Gasteiger partial charge in [-0.2, -0.15) is 0 Å². The van der Waals surface area contributed by atoms with E-state index in [0.29, 0.717) is 40.4 Å². The molecule has 0 radical (unpaired) electrons. The molecular weight excluding hydrogens is 516 g/mol. The summed E-state index contributed by atoms with van der Waals surface area (Å²) in [6, 6.07) is 19.7. The predicted molar refractivity (Wildman–Crippen MR) is 147 cm³/mol. The number of carbonyl (C=O) groups excluding carboxylic acids is 1. The molecule has 40 heavy (non-hydrogen) atoms. The molecule has 3 aromatic carbocycles. The van der Waals surface area contributed by atoms with Gasteiger partial charge in [0.2, 0.25) is 5.79 Å². The summed E-state index contributed by atoms with van der Waals surface area (Å²) in [4.78, 5) is 24.8. The Hall–Kier alpha value is -4.34. The Morgan fingerprint density at radius 1 is 0.975 bits per heavy atom. The van der Waals surface area contributed by atoms with Crippen molar-refractivity contribution >= 4 is 18.0 Å². The van der Waals surface area contributed by atoms with Crippen LogP contribution in [0.4, 0.5) is 0 Å². The van der Waals surface area contributed by atoms with Gasteiger partial charge >= 0.3 is 11.9 Å². The molecule has 0 aromatic heterocycles. The fourth-order valence-electron chi connectivity index (χ4n) is 4.35. The van der Waals surface area contributed by atoms with Crippen LogP contribution < -0.4 is 14.2 Å². The van der Waals surface area contributed by atoms with E-state index in [1.165, 1.54) is 7.11 Å². The smallest absolute Gasteiger partial charge is 0.341 e. The lowest BCUT2D eigenvalue weighted by molar-refractivity contribution is -0.386. The van der Waals surface area contributed by atoms with Crippen LogP contribution in [-0.2, 0) is 29.6 Å². The molecule has 4 rings (SSSR count). The number of benzene rings is 3. The van der Waals surface area contributed by atoms with E-state index in [1.807, 2.05) is 49.4 Å². The van der Waals surface area contributed by atoms with Gasteiger partial charge in [-0.15, -0.1) is 0 Å². The van der Waals surface area contributed by atoms with E-state index >= 15 is 0 Å². The molecule has 0 atom stereocenters. The number of rotatable bonds is 13. The average molecular weight is 549 g/mol. The Bertz CT molecular complexity index is 1360. The number of carboxylic acid groups (broad SMARTS) is 1. The highest BCUT2D eigenvalue weighted by Crippen LogP contribution is 2.46. The minimum Gasteiger partial charge on any atom is -0.497 e. The van der Waals surface area contributed by atoms with E-state index in [9.17, 15) is 14.7 Å². The van der Waals surface area contributed by atoms with Crippen LogP contribution >= 0.6 is 0 Å². The third-order valence-corrected chi connectivity index (χ3v) is 6.16. The molecule has 1 heterocycles. The number of carboxylic acids is 1. The molecule has 9 nitrogen and oxygen atoms in total. The molecule has 0 saturated carbocycles. The van der Waals surface area contributed by atoms with Gasteiger partial charge in [0.05, 0.1) is 20.3 Å². The highest BCUT2D eigenvalue weighted by atomic mass is 16.9. The lowest BCUT2D eigenvalue weighted by Gasteiger charge is -2.42. The van der Waals surface area contributed by atoms with Crippen molar-refractivity contribution < 1.29 is 43.1 Å². The summed E-state index contributed by atoms with van der Waals surface area (Å²) < 4.78 is 34.4. The topological polar surface area (TPSA) is 110 Å². The second kappa shape index (κ2) is 13.1. The Labute approximate surface area is 232 Å². The molecule has 9 heteroatoms. The van der Waals surface area contributed by atoms with E-state index < -0.39 is 24.3 Å². The third kappa shape index (κ3) is 6.11. The largest absolute Gasteiger partial charge is 0.497 e. The molecule has 1 N–H and O–H groups in total. The molecule has 3 aromatic rings. The number of methoxy groups -OCH3 is 1. The lowest BCUT2D eigenvalue weighted by atomic mass is 9.91. The van der Waals surface area contributed by atoms with Crippen molar-refractivity contribution in [1.82, 2.24) is 0 Å². The minimum absolute atomic E-state index is 0.00377. The number of hydrogen-bond donors (Lipinski definition) is 1. The van der Waals surface area contributed by atoms with Gasteiger partial charge in [0.25, 0.3) is 0 Å². The van der Waals surface area contributed by atoms with Gasteiger partial charge in [-0.1, -0.05) is 49.4 Å². The number of ether oxygens (including phenoxy) is 6. The maximum atomic E-state index is 13.4. The van der Waals surface area contributed by atoms with Crippen LogP contribution in [0.5, 0.6) is 17.2 Å². The van der Waals surface area contributed by atoms with Crippen molar-refractivity contribution in [3.8, 4) is 28.4 Å². The number of aliphatic carboxylic acids is 1. The molecule has 1 aliphatic heterocycles. The molecule has 1 fully saturated rings. The first kappa shape index (κ1) is 28.7. The Balaban J connectivity index is 1.96. The quantitative estimate of drug-likeness (QED) is 0.221. The van der Waals surface area contributed by atoms with Crippen molar-refractivity contribution in [3.63, 3.8) is 0 Å². The molecule has 0 amide bonds. The third-order valence-electron chi connectivity index (χ3n) is 6.16. The SMILES string of the molecule is CCCOc1cccc(C=C(C(=O)OCC)C2(c3ccccc3)OCO2)c1-c1ccc(OC)cc1OCC(=O)O. The van der Waals surface area contributed by atoms with Gasteiger partial charge in [0.1, 0.15) is 22.8 Å². The van der Waals surface area contributed by atoms with E-state index in [0.717, 1.165) is 6.42 Å². The molecule has 1 aliphatic rings. The van der Waals surface area contributed by atoms with Crippen molar-refractivity contribution in [1.29, 1.82) is 0 Å². The fourth-order valence-corrected chi connectivity index (χ4v) is 4.35. The van der Waals surface area contributed by atoms with E-state index in [-0.39, 0.29) is 24.7 Å². The van der Waals surface area contributed by atoms with Gasteiger partial charge in [0.15, 0.2) is 13.4 Å². The van der Waals surface area contributed by atoms with Gasteiger partial charge in [-0.05, 0) is 43.2 Å². The number of hydrogen-bond acceptors (Lipinski definition) is 8. The summed E-state index contributed by atoms with van der Waals surface area (Å²) in [5.41, 5.74) is 2.49. The molecule has 0 unspecified atom stereocenters. The summed E-state index contributed by atoms with van der Waals surface area (Å²) >= 11 is 0. The summed E-state index contributed by atoms with van der Waals surface area (Å²) in [6.07, 6.45) is 2.42. The average Bonchev–Trinajstić information content (AvgIpc) is 2.94. The van der Waals surface area contributed by atoms with Crippen LogP contribution in [0.2, 0.25) is 0 Å². The molecular formula is C31H32O9. The van der Waals surface area contributed by atoms with E-state index in [1.54, 1.807) is 37.3 Å². The molecule has 0 aliphatic carbocycles. The van der Waals surface area contributed by atoms with Gasteiger partial charge in [-0.3, -0.25) is 0 Å². The Morgan fingerprint density at radius 2 is 1.75 bits per heavy atom. The summed E-state index contributed by atoms with van der Waals surface area (Å²) in [5.74, 6) is -1.91. The lowest BCUT2D eigenvalue weighted by Crippen LogP contribution is -2.48. The number of esters is 1. The van der Waals surface area contributed by atoms with Crippen molar-refractivity contribution in [2.45, 2.75) is 26.1 Å². The van der Waals surface area contributed by atoms with Gasteiger partial charge in [0, 0.05) is 22.8 Å². The van der Waals surface area contributed by atoms with Crippen LogP contribution in [0.1, 0.15) is 31.4 Å². The van der Waals surface area contributed by atoms with Crippen molar-refractivity contribution in [3.05, 3.63) is 83.4 Å². The Morgan fingerprint density at radius 3 is 2.38 bits per heavy atom. The van der Waals surface area contributed by atoms with Crippen LogP contribution in [-0.4, -0.2) is 50.8 Å². The maximum Gasteiger partial charge on any atom is 0.341 e. The monoisotopic (exact) mass is 548 g/mol. The maximum absolute atomic E-state index is 13.4. The normalized spacial score (nSPS) is 14.1. The minimum atomic E-state index is -1.46. The van der Waals surface area contributed by atoms with Crippen LogP contribution in [0.25, 0.3) is 17.2 Å². The zero-order valence-electron chi connectivity index (χ0n) is 22.7. The zero-order valence-corrected chi connectivity index (χ0v) is 22.7. The second-order valence-corrected chi connectivity index (χ2v) is 8.78. The van der Waals surface area contributed by atoms with Crippen molar-refractivity contribution in [2.24, 2.45) is 0 Å². The first-order valence-corrected chi connectivity index (χ1v) is 12.9. The van der Waals surface area contributed by atoms with Gasteiger partial charge in [-0.25, -0.2) is 9.59 Å². The van der Waals surface area contributed by atoms with Crippen LogP contribution in [0.15, 0.2) is 72.3 Å². The molecule has 1 saturated heterocycles. The molecule has 0 bridgehead atoms. The zero-order chi connectivity index (χ0) is 28.5. The fraction of sp³-hybridized carbons (Fsp3) is 0.290. The first-order chi connectivity index (χ1) is 19.4. The standard InChI is InChI=1S/C31H32O9/c1-4-16-37-26-13-9-10-21(29(26)24-15-14-23(35-3)18-27(24)38-19-28(32)33)17-25(30(34)36-5-2)31(39-20-40-31)22-11-7-6-8-12-22/h6-15,17-18H,4-5,16,19-20H2,1-3H3,(H,32,33). The van der Waals surface area contributed by atoms with Crippen LogP contribution in [0.3, 0.4) is 0 Å². The van der Waals surface area contributed by atoms with Crippen molar-refractivity contribution in [2.75, 3.05) is 33.7 Å². The Kier molecular flexibility index (Phi) is 9.42. The number of carbonyl (C=O) groups is 2. The molecule has 210 valence electrons. The summed E-state index contributed by atoms with van der Waals surface area (Å²) in [6.45, 7) is 3.75. The second-order valence-electron chi connectivity index (χ2n) is 8.78. The summed E-state index contributed by atoms with van der Waals surface area (Å²) in [7, 11) is 1.51. The predicted octanol–water partition coefficient (Wildman–Crippen LogP) is 5.42. The first-order valence-electron chi connectivity index (χ1n) is 12.9. The van der Waals surface area contributed by atoms with E-state index in [2.05, 4.69) is 0 Å². The highest BCUT2D eigenvalue weighted by Gasteiger charge is 2.49. The van der Waals surface area contributed by atoms with Crippen LogP contribution in [0, 0.1) is 0 Å². The highest BCUT2D eigenvalue weighted by molar-refractivity contribution is 5.98.